The number of likely N-dealkylation sites (tertiary alicyclic amines) is 1. The number of carbonyl (C=O) groups is 3. The van der Waals surface area contributed by atoms with E-state index in [0.29, 0.717) is 17.7 Å². The Balaban J connectivity index is 1.46. The molecule has 2 saturated heterocycles. The number of hydrogen-bond donors (Lipinski definition) is 4. The van der Waals surface area contributed by atoms with Gasteiger partial charge in [0.05, 0.1) is 11.8 Å². The molecular weight excluding hydrogens is 458 g/mol. The molecule has 36 heavy (non-hydrogen) atoms. The van der Waals surface area contributed by atoms with Gasteiger partial charge in [-0.25, -0.2) is 0 Å². The van der Waals surface area contributed by atoms with Crippen molar-refractivity contribution in [3.05, 3.63) is 53.1 Å². The molecule has 6 rings (SSSR count). The molecular formula is C28H31N3O5. The van der Waals surface area contributed by atoms with Crippen molar-refractivity contribution in [2.45, 2.75) is 69.5 Å². The first kappa shape index (κ1) is 23.0. The van der Waals surface area contributed by atoms with Crippen LogP contribution in [0, 0.1) is 11.8 Å². The average molecular weight is 490 g/mol. The highest BCUT2D eigenvalue weighted by Crippen LogP contribution is 2.54. The van der Waals surface area contributed by atoms with E-state index in [1.165, 1.54) is 17.0 Å². The monoisotopic (exact) mass is 489 g/mol. The summed E-state index contributed by atoms with van der Waals surface area (Å²) in [5.41, 5.74) is 1.82. The molecule has 4 atom stereocenters. The molecule has 4 N–H and O–H groups in total. The molecule has 0 unspecified atom stereocenters. The Morgan fingerprint density at radius 2 is 1.69 bits per heavy atom. The van der Waals surface area contributed by atoms with Gasteiger partial charge < -0.3 is 15.5 Å². The van der Waals surface area contributed by atoms with Gasteiger partial charge in [-0.3, -0.25) is 24.6 Å². The number of amides is 3. The Morgan fingerprint density at radius 3 is 2.42 bits per heavy atom. The molecule has 3 amide bonds. The summed E-state index contributed by atoms with van der Waals surface area (Å²) in [7, 11) is 0. The number of benzene rings is 2. The van der Waals surface area contributed by atoms with Gasteiger partial charge in [-0.2, -0.15) is 0 Å². The van der Waals surface area contributed by atoms with Crippen molar-refractivity contribution in [2.75, 3.05) is 5.32 Å². The van der Waals surface area contributed by atoms with E-state index in [-0.39, 0.29) is 35.3 Å². The second kappa shape index (κ2) is 8.34. The molecule has 0 aromatic heterocycles. The predicted octanol–water partition coefficient (Wildman–Crippen LogP) is 2.96. The Hall–Kier alpha value is -3.39. The second-order valence-corrected chi connectivity index (χ2v) is 10.6. The lowest BCUT2D eigenvalue weighted by atomic mass is 9.76. The summed E-state index contributed by atoms with van der Waals surface area (Å²) in [4.78, 5) is 43.2. The maximum absolute atomic E-state index is 14.1. The van der Waals surface area contributed by atoms with E-state index in [9.17, 15) is 24.6 Å². The third kappa shape index (κ3) is 3.20. The molecule has 1 aliphatic carbocycles. The van der Waals surface area contributed by atoms with Crippen LogP contribution in [0.25, 0.3) is 0 Å². The molecule has 2 aromatic carbocycles. The zero-order chi connectivity index (χ0) is 25.2. The van der Waals surface area contributed by atoms with Crippen molar-refractivity contribution >= 4 is 23.4 Å². The lowest BCUT2D eigenvalue weighted by Crippen LogP contribution is -2.54. The molecule has 2 aromatic rings. The Bertz CT molecular complexity index is 1270. The van der Waals surface area contributed by atoms with Gasteiger partial charge in [0.2, 0.25) is 17.7 Å². The number of nitrogens with one attached hydrogen (secondary N) is 2. The fourth-order valence-corrected chi connectivity index (χ4v) is 6.92. The first-order valence-corrected chi connectivity index (χ1v) is 13.0. The molecule has 8 nitrogen and oxygen atoms in total. The highest BCUT2D eigenvalue weighted by molar-refractivity contribution is 6.15. The number of aryl methyl sites for hydroxylation is 1. The van der Waals surface area contributed by atoms with E-state index in [2.05, 4.69) is 10.6 Å². The number of fused-ring (bicyclic) bond motifs is 4. The van der Waals surface area contributed by atoms with Crippen LogP contribution in [0.3, 0.4) is 0 Å². The van der Waals surface area contributed by atoms with Gasteiger partial charge in [0.25, 0.3) is 0 Å². The van der Waals surface area contributed by atoms with Gasteiger partial charge >= 0.3 is 0 Å². The third-order valence-electron chi connectivity index (χ3n) is 8.66. The maximum atomic E-state index is 14.1. The summed E-state index contributed by atoms with van der Waals surface area (Å²) in [6.07, 6.45) is 5.79. The van der Waals surface area contributed by atoms with Gasteiger partial charge in [0, 0.05) is 23.3 Å². The van der Waals surface area contributed by atoms with Crippen molar-refractivity contribution in [2.24, 2.45) is 11.8 Å². The number of phenolic OH excluding ortho intramolecular Hbond substituents is 2. The molecule has 0 radical (unpaired) electrons. The number of anilines is 1. The topological polar surface area (TPSA) is 119 Å². The van der Waals surface area contributed by atoms with Crippen LogP contribution >= 0.6 is 0 Å². The number of aromatic hydroxyl groups is 2. The van der Waals surface area contributed by atoms with Gasteiger partial charge in [0.1, 0.15) is 5.54 Å². The Labute approximate surface area is 209 Å². The van der Waals surface area contributed by atoms with Crippen LogP contribution in [0.15, 0.2) is 36.4 Å². The normalized spacial score (nSPS) is 29.6. The molecule has 1 spiro atoms. The lowest BCUT2D eigenvalue weighted by molar-refractivity contribution is -0.146. The number of phenols is 2. The summed E-state index contributed by atoms with van der Waals surface area (Å²) in [6.45, 7) is 2.04. The first-order valence-electron chi connectivity index (χ1n) is 13.0. The number of rotatable bonds is 4. The zero-order valence-corrected chi connectivity index (χ0v) is 20.3. The maximum Gasteiger partial charge on any atom is 0.250 e. The number of carbonyl (C=O) groups excluding carboxylic acids is 3. The molecule has 8 heteroatoms. The van der Waals surface area contributed by atoms with Gasteiger partial charge in [-0.05, 0) is 55.0 Å². The molecule has 4 aliphatic rings. The molecule has 1 saturated carbocycles. The number of hydrogen-bond acceptors (Lipinski definition) is 6. The van der Waals surface area contributed by atoms with Crippen LogP contribution in [0.1, 0.15) is 55.7 Å². The molecule has 3 heterocycles. The van der Waals surface area contributed by atoms with E-state index in [1.807, 2.05) is 25.1 Å². The summed E-state index contributed by atoms with van der Waals surface area (Å²) in [5, 5.41) is 26.2. The molecule has 0 bridgehead atoms. The van der Waals surface area contributed by atoms with Crippen molar-refractivity contribution in [1.29, 1.82) is 0 Å². The fourth-order valence-electron chi connectivity index (χ4n) is 6.92. The quantitative estimate of drug-likeness (QED) is 0.387. The third-order valence-corrected chi connectivity index (χ3v) is 8.66. The Kier molecular flexibility index (Phi) is 5.33. The summed E-state index contributed by atoms with van der Waals surface area (Å²) < 4.78 is 0. The van der Waals surface area contributed by atoms with Crippen LogP contribution < -0.4 is 10.6 Å². The largest absolute Gasteiger partial charge is 0.504 e. The van der Waals surface area contributed by atoms with Crippen LogP contribution in [-0.4, -0.2) is 44.9 Å². The van der Waals surface area contributed by atoms with Crippen molar-refractivity contribution in [3.63, 3.8) is 0 Å². The summed E-state index contributed by atoms with van der Waals surface area (Å²) >= 11 is 0. The number of imide groups is 1. The number of nitrogens with zero attached hydrogens (tertiary/aromatic N) is 1. The molecule has 3 aliphatic heterocycles. The first-order chi connectivity index (χ1) is 17.3. The van der Waals surface area contributed by atoms with Crippen molar-refractivity contribution < 1.29 is 24.6 Å². The van der Waals surface area contributed by atoms with E-state index < -0.39 is 23.4 Å². The molecule has 3 fully saturated rings. The SMILES string of the molecule is CCc1ccc2c(c1)[C@]1(N[C@@H](Cc3ccc(O)c(O)c3)[C@H]3C(=O)N(C4CCCCC4)C(=O)[C@H]31)C(=O)N2. The fraction of sp³-hybridized carbons (Fsp3) is 0.464. The molecule has 188 valence electrons. The van der Waals surface area contributed by atoms with E-state index >= 15 is 0 Å². The van der Waals surface area contributed by atoms with Crippen molar-refractivity contribution in [3.8, 4) is 11.5 Å². The summed E-state index contributed by atoms with van der Waals surface area (Å²) in [6, 6.07) is 9.78. The lowest BCUT2D eigenvalue weighted by Gasteiger charge is -2.34. The standard InChI is InChI=1S/C28H31N3O5/c1-2-15-8-10-19-18(12-15)28(27(36)29-19)24-23(20(30-28)13-16-9-11-21(32)22(33)14-16)25(34)31(26(24)35)17-6-4-3-5-7-17/h8-12,14,17,20,23-24,30,32-33H,2-7,13H2,1H3,(H,29,36)/t20-,23+,24-,28+/m0/s1. The van der Waals surface area contributed by atoms with Crippen LogP contribution in [0.5, 0.6) is 11.5 Å². The van der Waals surface area contributed by atoms with Gasteiger partial charge in [-0.1, -0.05) is 44.4 Å². The van der Waals surface area contributed by atoms with Crippen molar-refractivity contribution in [1.82, 2.24) is 10.2 Å². The minimum atomic E-state index is -1.33. The predicted molar refractivity (Wildman–Crippen MR) is 132 cm³/mol. The average Bonchev–Trinajstić information content (AvgIpc) is 3.46. The van der Waals surface area contributed by atoms with E-state index in [1.54, 1.807) is 6.07 Å². The van der Waals surface area contributed by atoms with Crippen LogP contribution in [0.2, 0.25) is 0 Å². The van der Waals surface area contributed by atoms with E-state index in [4.69, 9.17) is 0 Å². The second-order valence-electron chi connectivity index (χ2n) is 10.6. The van der Waals surface area contributed by atoms with Gasteiger partial charge in [0.15, 0.2) is 11.5 Å². The highest BCUT2D eigenvalue weighted by Gasteiger charge is 2.70. The minimum absolute atomic E-state index is 0.120. The van der Waals surface area contributed by atoms with E-state index in [0.717, 1.165) is 49.7 Å². The smallest absolute Gasteiger partial charge is 0.250 e. The Morgan fingerprint density at radius 1 is 0.944 bits per heavy atom. The zero-order valence-electron chi connectivity index (χ0n) is 20.3. The van der Waals surface area contributed by atoms with Crippen LogP contribution in [0.4, 0.5) is 5.69 Å². The van der Waals surface area contributed by atoms with Gasteiger partial charge in [-0.15, -0.1) is 0 Å². The minimum Gasteiger partial charge on any atom is -0.504 e. The highest BCUT2D eigenvalue weighted by atomic mass is 16.3. The van der Waals surface area contributed by atoms with Crippen LogP contribution in [-0.2, 0) is 32.8 Å². The summed E-state index contributed by atoms with van der Waals surface area (Å²) in [5.74, 6) is -2.77.